The number of benzene rings is 2. The number of hydrogen-bond donors (Lipinski definition) is 0. The number of amides is 1. The van der Waals surface area contributed by atoms with Gasteiger partial charge in [0.15, 0.2) is 0 Å². The summed E-state index contributed by atoms with van der Waals surface area (Å²) in [5, 5.41) is 10.7. The van der Waals surface area contributed by atoms with Crippen molar-refractivity contribution in [2.24, 2.45) is 0 Å². The Bertz CT molecular complexity index is 1230. The average molecular weight is 412 g/mol. The molecular formula is C25H24N4O2. The lowest BCUT2D eigenvalue weighted by atomic mass is 9.97. The summed E-state index contributed by atoms with van der Waals surface area (Å²) in [6.45, 7) is 3.42. The fourth-order valence-corrected chi connectivity index (χ4v) is 4.30. The van der Waals surface area contributed by atoms with Gasteiger partial charge in [0.25, 0.3) is 5.89 Å². The Kier molecular flexibility index (Phi) is 5.20. The number of rotatable bonds is 4. The molecule has 2 aromatic carbocycles. The first-order valence-corrected chi connectivity index (χ1v) is 10.7. The first-order chi connectivity index (χ1) is 15.2. The van der Waals surface area contributed by atoms with Gasteiger partial charge in [0.05, 0.1) is 12.3 Å². The van der Waals surface area contributed by atoms with E-state index in [1.165, 1.54) is 5.56 Å². The van der Waals surface area contributed by atoms with Crippen LogP contribution in [0.25, 0.3) is 22.4 Å². The Morgan fingerprint density at radius 1 is 1.13 bits per heavy atom. The molecule has 0 radical (unpaired) electrons. The van der Waals surface area contributed by atoms with Gasteiger partial charge >= 0.3 is 0 Å². The molecule has 156 valence electrons. The predicted octanol–water partition coefficient (Wildman–Crippen LogP) is 4.54. The van der Waals surface area contributed by atoms with Crippen LogP contribution in [0.1, 0.15) is 35.8 Å². The fraction of sp³-hybridized carbons (Fsp3) is 0.280. The van der Waals surface area contributed by atoms with E-state index < -0.39 is 0 Å². The summed E-state index contributed by atoms with van der Waals surface area (Å²) in [5.41, 5.74) is 2.91. The molecule has 0 saturated carbocycles. The number of likely N-dealkylation sites (tertiary alicyclic amines) is 1. The summed E-state index contributed by atoms with van der Waals surface area (Å²) < 4.78 is 6.06. The van der Waals surface area contributed by atoms with Crippen molar-refractivity contribution in [3.63, 3.8) is 0 Å². The smallest absolute Gasteiger partial charge is 0.266 e. The third kappa shape index (κ3) is 4.06. The lowest BCUT2D eigenvalue weighted by Gasteiger charge is -2.31. The summed E-state index contributed by atoms with van der Waals surface area (Å²) in [6.07, 6.45) is 4.03. The van der Waals surface area contributed by atoms with Gasteiger partial charge in [-0.25, -0.2) is 0 Å². The van der Waals surface area contributed by atoms with Gasteiger partial charge in [-0.05, 0) is 36.8 Å². The second-order valence-corrected chi connectivity index (χ2v) is 8.17. The molecule has 6 heteroatoms. The van der Waals surface area contributed by atoms with Gasteiger partial charge < -0.3 is 9.32 Å². The van der Waals surface area contributed by atoms with Crippen LogP contribution in [-0.2, 0) is 11.2 Å². The van der Waals surface area contributed by atoms with Crippen molar-refractivity contribution in [2.75, 3.05) is 13.1 Å². The molecule has 1 aliphatic rings. The minimum absolute atomic E-state index is 0.0476. The zero-order chi connectivity index (χ0) is 21.2. The standard InChI is InChI=1S/C25H24N4O2/c1-17-6-4-7-18(14-17)15-22(30)29-13-5-9-20(16-29)24-27-28-25(31-24)23-21-10-3-2-8-19(21)11-12-26-23/h2-4,6-8,10-12,14,20H,5,9,13,15-16H2,1H3. The number of hydrogen-bond acceptors (Lipinski definition) is 5. The van der Waals surface area contributed by atoms with Crippen molar-refractivity contribution in [3.8, 4) is 11.6 Å². The zero-order valence-electron chi connectivity index (χ0n) is 17.5. The van der Waals surface area contributed by atoms with Crippen LogP contribution < -0.4 is 0 Å². The van der Waals surface area contributed by atoms with Crippen LogP contribution in [0.4, 0.5) is 0 Å². The minimum atomic E-state index is 0.0476. The van der Waals surface area contributed by atoms with Gasteiger partial charge in [0.2, 0.25) is 11.8 Å². The van der Waals surface area contributed by atoms with Gasteiger partial charge in [-0.15, -0.1) is 10.2 Å². The van der Waals surface area contributed by atoms with Gasteiger partial charge in [-0.2, -0.15) is 0 Å². The molecule has 0 N–H and O–H groups in total. The van der Waals surface area contributed by atoms with Gasteiger partial charge in [0, 0.05) is 24.7 Å². The number of carbonyl (C=O) groups excluding carboxylic acids is 1. The van der Waals surface area contributed by atoms with Crippen molar-refractivity contribution in [1.82, 2.24) is 20.1 Å². The highest BCUT2D eigenvalue weighted by Gasteiger charge is 2.29. The molecule has 31 heavy (non-hydrogen) atoms. The van der Waals surface area contributed by atoms with Crippen molar-refractivity contribution in [3.05, 3.63) is 77.8 Å². The van der Waals surface area contributed by atoms with Crippen LogP contribution in [0.15, 0.2) is 65.2 Å². The van der Waals surface area contributed by atoms with Gasteiger partial charge in [0.1, 0.15) is 5.69 Å². The highest BCUT2D eigenvalue weighted by molar-refractivity contribution is 5.92. The van der Waals surface area contributed by atoms with Crippen LogP contribution >= 0.6 is 0 Å². The molecule has 3 heterocycles. The Balaban J connectivity index is 1.33. The number of nitrogens with zero attached hydrogens (tertiary/aromatic N) is 4. The topological polar surface area (TPSA) is 72.1 Å². The first-order valence-electron chi connectivity index (χ1n) is 10.7. The average Bonchev–Trinajstić information content (AvgIpc) is 3.29. The van der Waals surface area contributed by atoms with Gasteiger partial charge in [-0.1, -0.05) is 54.1 Å². The molecule has 1 unspecified atom stereocenters. The number of aryl methyl sites for hydroxylation is 1. The van der Waals surface area contributed by atoms with E-state index in [2.05, 4.69) is 21.2 Å². The number of carbonyl (C=O) groups is 1. The predicted molar refractivity (Wildman–Crippen MR) is 118 cm³/mol. The fourth-order valence-electron chi connectivity index (χ4n) is 4.30. The number of piperidine rings is 1. The molecule has 0 aliphatic carbocycles. The molecule has 6 nitrogen and oxygen atoms in total. The summed E-state index contributed by atoms with van der Waals surface area (Å²) in [6, 6.07) is 18.1. The molecule has 5 rings (SSSR count). The molecule has 1 fully saturated rings. The Labute approximate surface area is 180 Å². The Hall–Kier alpha value is -3.54. The largest absolute Gasteiger partial charge is 0.419 e. The molecule has 2 aromatic heterocycles. The van der Waals surface area contributed by atoms with Crippen molar-refractivity contribution in [2.45, 2.75) is 32.1 Å². The van der Waals surface area contributed by atoms with E-state index >= 15 is 0 Å². The number of pyridine rings is 1. The summed E-state index contributed by atoms with van der Waals surface area (Å²) in [5.74, 6) is 1.20. The summed E-state index contributed by atoms with van der Waals surface area (Å²) in [7, 11) is 0. The quantitative estimate of drug-likeness (QED) is 0.492. The SMILES string of the molecule is Cc1cccc(CC(=O)N2CCCC(c3nnc(-c4nccc5ccccc45)o3)C2)c1. The maximum atomic E-state index is 12.9. The number of aromatic nitrogens is 3. The van der Waals surface area contributed by atoms with E-state index in [0.717, 1.165) is 35.7 Å². The van der Waals surface area contributed by atoms with Crippen LogP contribution in [0, 0.1) is 6.92 Å². The Morgan fingerprint density at radius 3 is 2.94 bits per heavy atom. The molecule has 0 bridgehead atoms. The molecule has 4 aromatic rings. The molecule has 1 aliphatic heterocycles. The summed E-state index contributed by atoms with van der Waals surface area (Å²) >= 11 is 0. The highest BCUT2D eigenvalue weighted by atomic mass is 16.4. The third-order valence-electron chi connectivity index (χ3n) is 5.88. The normalized spacial score (nSPS) is 16.5. The lowest BCUT2D eigenvalue weighted by molar-refractivity contribution is -0.131. The van der Waals surface area contributed by atoms with E-state index in [1.54, 1.807) is 6.20 Å². The van der Waals surface area contributed by atoms with Crippen LogP contribution in [0.5, 0.6) is 0 Å². The van der Waals surface area contributed by atoms with E-state index in [1.807, 2.05) is 60.4 Å². The lowest BCUT2D eigenvalue weighted by Crippen LogP contribution is -2.40. The van der Waals surface area contributed by atoms with Crippen molar-refractivity contribution >= 4 is 16.7 Å². The Morgan fingerprint density at radius 2 is 2.03 bits per heavy atom. The van der Waals surface area contributed by atoms with Gasteiger partial charge in [-0.3, -0.25) is 9.78 Å². The van der Waals surface area contributed by atoms with Crippen LogP contribution in [-0.4, -0.2) is 39.1 Å². The molecule has 1 amide bonds. The minimum Gasteiger partial charge on any atom is -0.419 e. The molecule has 1 atom stereocenters. The first kappa shape index (κ1) is 19.4. The van der Waals surface area contributed by atoms with E-state index in [9.17, 15) is 4.79 Å². The maximum Gasteiger partial charge on any atom is 0.266 e. The molecule has 0 spiro atoms. The second kappa shape index (κ2) is 8.30. The van der Waals surface area contributed by atoms with E-state index in [0.29, 0.717) is 30.4 Å². The zero-order valence-corrected chi connectivity index (χ0v) is 17.5. The van der Waals surface area contributed by atoms with E-state index in [4.69, 9.17) is 4.42 Å². The van der Waals surface area contributed by atoms with Crippen molar-refractivity contribution in [1.29, 1.82) is 0 Å². The van der Waals surface area contributed by atoms with Crippen molar-refractivity contribution < 1.29 is 9.21 Å². The second-order valence-electron chi connectivity index (χ2n) is 8.17. The maximum absolute atomic E-state index is 12.9. The molecule has 1 saturated heterocycles. The monoisotopic (exact) mass is 412 g/mol. The number of fused-ring (bicyclic) bond motifs is 1. The third-order valence-corrected chi connectivity index (χ3v) is 5.88. The molecular weight excluding hydrogens is 388 g/mol. The van der Waals surface area contributed by atoms with Crippen LogP contribution in [0.2, 0.25) is 0 Å². The van der Waals surface area contributed by atoms with Crippen LogP contribution in [0.3, 0.4) is 0 Å². The summed E-state index contributed by atoms with van der Waals surface area (Å²) in [4.78, 5) is 19.3. The highest BCUT2D eigenvalue weighted by Crippen LogP contribution is 2.30. The van der Waals surface area contributed by atoms with E-state index in [-0.39, 0.29) is 11.8 Å².